The van der Waals surface area contributed by atoms with Gasteiger partial charge in [0.15, 0.2) is 0 Å². The summed E-state index contributed by atoms with van der Waals surface area (Å²) < 4.78 is 4.92. The van der Waals surface area contributed by atoms with Crippen LogP contribution in [0.4, 0.5) is 0 Å². The van der Waals surface area contributed by atoms with Crippen LogP contribution in [0.5, 0.6) is 0 Å². The van der Waals surface area contributed by atoms with Crippen LogP contribution in [0.25, 0.3) is 111 Å². The minimum absolute atomic E-state index is 0.940. The van der Waals surface area contributed by atoms with Crippen molar-refractivity contribution < 1.29 is 0 Å². The van der Waals surface area contributed by atoms with Crippen molar-refractivity contribution in [2.75, 3.05) is 0 Å². The minimum atomic E-state index is 0.940. The summed E-state index contributed by atoms with van der Waals surface area (Å²) in [5.41, 5.74) is 38.1. The van der Waals surface area contributed by atoms with Gasteiger partial charge in [-0.25, -0.2) is 0 Å². The zero-order chi connectivity index (χ0) is 44.7. The largest absolute Gasteiger partial charge is 0.403 e. The maximum atomic E-state index is 6.64. The highest BCUT2D eigenvalue weighted by Crippen LogP contribution is 2.52. The molecule has 7 aromatic carbocycles. The van der Waals surface area contributed by atoms with Crippen LogP contribution in [0.3, 0.4) is 0 Å². The summed E-state index contributed by atoms with van der Waals surface area (Å²) in [6.45, 7) is 14.7. The third kappa shape index (κ3) is 6.04. The van der Waals surface area contributed by atoms with Gasteiger partial charge in [0.2, 0.25) is 0 Å². The Morgan fingerprint density at radius 3 is 1.52 bits per heavy atom. The Balaban J connectivity index is 1.19. The van der Waals surface area contributed by atoms with E-state index in [9.17, 15) is 0 Å². The van der Waals surface area contributed by atoms with Crippen molar-refractivity contribution in [3.63, 3.8) is 0 Å². The van der Waals surface area contributed by atoms with Gasteiger partial charge in [-0.15, -0.1) is 0 Å². The first kappa shape index (κ1) is 40.2. The number of rotatable bonds is 8. The molecule has 318 valence electrons. The second-order valence-corrected chi connectivity index (χ2v) is 17.9. The Bertz CT molecular complexity index is 3680. The molecule has 0 saturated heterocycles. The lowest BCUT2D eigenvalue weighted by molar-refractivity contribution is 0.884. The van der Waals surface area contributed by atoms with Crippen LogP contribution in [0.15, 0.2) is 158 Å². The molecule has 2 aromatic heterocycles. The van der Waals surface area contributed by atoms with Gasteiger partial charge < -0.3 is 20.6 Å². The van der Waals surface area contributed by atoms with Gasteiger partial charge in [-0.2, -0.15) is 0 Å². The fraction of sp³-hybridized carbons (Fsp3) is 0.148. The lowest BCUT2D eigenvalue weighted by Crippen LogP contribution is -2.17. The van der Waals surface area contributed by atoms with Crippen molar-refractivity contribution in [2.24, 2.45) is 11.5 Å². The normalized spacial score (nSPS) is 14.5. The summed E-state index contributed by atoms with van der Waals surface area (Å²) >= 11 is 0. The van der Waals surface area contributed by atoms with E-state index in [0.717, 1.165) is 59.3 Å². The molecule has 0 fully saturated rings. The van der Waals surface area contributed by atoms with Gasteiger partial charge in [-0.05, 0) is 198 Å². The van der Waals surface area contributed by atoms with Crippen LogP contribution >= 0.6 is 0 Å². The zero-order valence-corrected chi connectivity index (χ0v) is 38.0. The number of aryl methyl sites for hydroxylation is 4. The van der Waals surface area contributed by atoms with E-state index in [1.807, 2.05) is 6.08 Å². The molecule has 9 aromatic rings. The van der Waals surface area contributed by atoms with Gasteiger partial charge >= 0.3 is 0 Å². The molecule has 0 atom stereocenters. The molecule has 0 unspecified atom stereocenters. The number of aromatic nitrogens is 2. The standard InChI is InChI=1S/C61H54N4/c1-7-13-39-16-18-42(28-38(39)10-4)44-22-26-54-50(30-44)52-32-46-20-25-49-59-47(21-24-48(58(46)59)60(52)64(54)56(34-62)36(5)8-2)33-53-51-31-45(43-19-17-40-14-11-12-15-41(40)29-43)23-27-55(51)65(61(49)53)57(35-63)37(6)9-3/h7-19,22-23,26-35H,4,20-21,24-25,62-63H2,1-3,5-6H3/b13-7-,36-8-,37-9-,56-34+,57-35+. The van der Waals surface area contributed by atoms with Gasteiger partial charge in [0.1, 0.15) is 0 Å². The zero-order valence-electron chi connectivity index (χ0n) is 38.0. The minimum Gasteiger partial charge on any atom is -0.403 e. The van der Waals surface area contributed by atoms with Crippen LogP contribution in [-0.4, -0.2) is 9.13 Å². The summed E-state index contributed by atoms with van der Waals surface area (Å²) in [6, 6.07) is 41.1. The highest BCUT2D eigenvalue weighted by molar-refractivity contribution is 6.18. The van der Waals surface area contributed by atoms with Gasteiger partial charge in [0.25, 0.3) is 0 Å². The molecule has 0 amide bonds. The van der Waals surface area contributed by atoms with E-state index in [0.29, 0.717) is 0 Å². The Morgan fingerprint density at radius 1 is 0.523 bits per heavy atom. The smallest absolute Gasteiger partial charge is 0.0642 e. The molecular formula is C61H54N4. The first-order valence-corrected chi connectivity index (χ1v) is 23.1. The predicted molar refractivity (Wildman–Crippen MR) is 282 cm³/mol. The average Bonchev–Trinajstić information content (AvgIpc) is 3.84. The number of hydrogen-bond donors (Lipinski definition) is 2. The fourth-order valence-electron chi connectivity index (χ4n) is 11.2. The average molecular weight is 843 g/mol. The molecule has 2 aliphatic rings. The molecule has 0 radical (unpaired) electrons. The maximum absolute atomic E-state index is 6.64. The van der Waals surface area contributed by atoms with Gasteiger partial charge in [-0.1, -0.05) is 97.6 Å². The summed E-state index contributed by atoms with van der Waals surface area (Å²) in [4.78, 5) is 0. The second kappa shape index (κ2) is 15.6. The van der Waals surface area contributed by atoms with E-state index >= 15 is 0 Å². The SMILES string of the molecule is C=Cc1cc(-c2ccc3c(c2)c2cc4c5c(c2n3C(=C/N)/C(C)=C\C)CCc2cc3c6cc(-c7ccc8ccccc8c7)ccc6n(C(=C/N)/C(C)=C\C)c3c(c2-5)CC4)ccc1/C=C\C. The van der Waals surface area contributed by atoms with Crippen LogP contribution in [-0.2, 0) is 25.7 Å². The van der Waals surface area contributed by atoms with Crippen molar-refractivity contribution >= 4 is 77.9 Å². The number of allylic oxidation sites excluding steroid dienone is 7. The monoisotopic (exact) mass is 842 g/mol. The third-order valence-electron chi connectivity index (χ3n) is 14.5. The Hall–Kier alpha value is -7.56. The van der Waals surface area contributed by atoms with E-state index in [1.54, 1.807) is 12.4 Å². The molecule has 4 nitrogen and oxygen atoms in total. The molecule has 11 rings (SSSR count). The van der Waals surface area contributed by atoms with Crippen molar-refractivity contribution in [3.05, 3.63) is 191 Å². The maximum Gasteiger partial charge on any atom is 0.0642 e. The highest BCUT2D eigenvalue weighted by atomic mass is 15.0. The molecule has 65 heavy (non-hydrogen) atoms. The van der Waals surface area contributed by atoms with E-state index in [2.05, 4.69) is 184 Å². The van der Waals surface area contributed by atoms with Crippen molar-refractivity contribution in [1.29, 1.82) is 0 Å². The van der Waals surface area contributed by atoms with E-state index in [-0.39, 0.29) is 0 Å². The van der Waals surface area contributed by atoms with E-state index in [1.165, 1.54) is 110 Å². The Kier molecular flexibility index (Phi) is 9.66. The van der Waals surface area contributed by atoms with E-state index < -0.39 is 0 Å². The number of benzene rings is 7. The first-order valence-electron chi connectivity index (χ1n) is 23.1. The quantitative estimate of drug-likeness (QED) is 0.150. The van der Waals surface area contributed by atoms with Gasteiger partial charge in [-0.3, -0.25) is 0 Å². The van der Waals surface area contributed by atoms with Crippen LogP contribution < -0.4 is 11.5 Å². The fourth-order valence-corrected chi connectivity index (χ4v) is 11.2. The highest BCUT2D eigenvalue weighted by Gasteiger charge is 2.33. The molecule has 4 heteroatoms. The molecule has 0 spiro atoms. The lowest BCUT2D eigenvalue weighted by atomic mass is 9.74. The van der Waals surface area contributed by atoms with Crippen LogP contribution in [0.1, 0.15) is 68.0 Å². The number of nitrogens with two attached hydrogens (primary N) is 2. The summed E-state index contributed by atoms with van der Waals surface area (Å²) in [5.74, 6) is 0. The van der Waals surface area contributed by atoms with Gasteiger partial charge in [0.05, 0.1) is 33.5 Å². The molecule has 0 saturated carbocycles. The van der Waals surface area contributed by atoms with Crippen molar-refractivity contribution in [3.8, 4) is 33.4 Å². The summed E-state index contributed by atoms with van der Waals surface area (Å²) in [6.07, 6.45) is 17.9. The Labute approximate surface area is 381 Å². The number of nitrogens with zero attached hydrogens (tertiary/aromatic N) is 2. The molecule has 0 aliphatic heterocycles. The third-order valence-corrected chi connectivity index (χ3v) is 14.5. The molecule has 2 aliphatic carbocycles. The number of hydrogen-bond acceptors (Lipinski definition) is 2. The van der Waals surface area contributed by atoms with E-state index in [4.69, 9.17) is 11.5 Å². The molecule has 4 N–H and O–H groups in total. The summed E-state index contributed by atoms with van der Waals surface area (Å²) in [5, 5.41) is 7.58. The van der Waals surface area contributed by atoms with Crippen molar-refractivity contribution in [2.45, 2.75) is 60.3 Å². The lowest BCUT2D eigenvalue weighted by Gasteiger charge is -2.31. The molecule has 0 bridgehead atoms. The molecular weight excluding hydrogens is 789 g/mol. The summed E-state index contributed by atoms with van der Waals surface area (Å²) in [7, 11) is 0. The van der Waals surface area contributed by atoms with Crippen LogP contribution in [0, 0.1) is 0 Å². The first-order chi connectivity index (χ1) is 31.8. The molecule has 2 heterocycles. The predicted octanol–water partition coefficient (Wildman–Crippen LogP) is 15.4. The number of fused-ring (bicyclic) bond motifs is 9. The second-order valence-electron chi connectivity index (χ2n) is 17.9. The van der Waals surface area contributed by atoms with Gasteiger partial charge in [0, 0.05) is 33.9 Å². The van der Waals surface area contributed by atoms with Crippen LogP contribution in [0.2, 0.25) is 0 Å². The van der Waals surface area contributed by atoms with Crippen molar-refractivity contribution in [1.82, 2.24) is 9.13 Å². The Morgan fingerprint density at radius 2 is 1.02 bits per heavy atom. The topological polar surface area (TPSA) is 61.9 Å².